The van der Waals surface area contributed by atoms with Gasteiger partial charge in [-0.15, -0.1) is 0 Å². The van der Waals surface area contributed by atoms with Crippen LogP contribution in [-0.4, -0.2) is 35.5 Å². The highest BCUT2D eigenvalue weighted by Gasteiger charge is 2.43. The van der Waals surface area contributed by atoms with Crippen LogP contribution in [0.2, 0.25) is 0 Å². The molecule has 1 aliphatic rings. The number of benzene rings is 1. The molecule has 1 saturated heterocycles. The number of anilines is 1. The predicted octanol–water partition coefficient (Wildman–Crippen LogP) is 4.41. The summed E-state index contributed by atoms with van der Waals surface area (Å²) >= 11 is 0. The Morgan fingerprint density at radius 2 is 1.79 bits per heavy atom. The van der Waals surface area contributed by atoms with Gasteiger partial charge in [-0.25, -0.2) is 0 Å². The fraction of sp³-hybridized carbons (Fsp3) is 0.650. The summed E-state index contributed by atoms with van der Waals surface area (Å²) in [4.78, 5) is 13.3. The normalized spacial score (nSPS) is 20.8. The van der Waals surface area contributed by atoms with Crippen molar-refractivity contribution >= 4 is 12.1 Å². The summed E-state index contributed by atoms with van der Waals surface area (Å²) in [6.07, 6.45) is 2.98. The van der Waals surface area contributed by atoms with E-state index in [1.54, 1.807) is 0 Å². The van der Waals surface area contributed by atoms with Gasteiger partial charge in [-0.1, -0.05) is 6.07 Å². The largest absolute Gasteiger partial charge is 0.489 e. The van der Waals surface area contributed by atoms with Gasteiger partial charge >= 0.3 is 0 Å². The Kier molecular flexibility index (Phi) is 5.28. The maximum absolute atomic E-state index is 10.8. The first-order valence-electron chi connectivity index (χ1n) is 8.81. The standard InChI is InChI=1S/C20H32N2O2/c1-14(2)24-18-10-15(8-9-17(18)21-13-23)16-11-19(3,4)22(7)20(5,6)12-16/h8-10,13-14,16H,11-12H2,1-7H3,(H,21,23). The number of nitrogens with one attached hydrogen (secondary N) is 1. The van der Waals surface area contributed by atoms with Gasteiger partial charge in [-0.05, 0) is 85.0 Å². The van der Waals surface area contributed by atoms with E-state index in [4.69, 9.17) is 4.74 Å². The second kappa shape index (κ2) is 6.75. The van der Waals surface area contributed by atoms with Crippen LogP contribution in [0.5, 0.6) is 5.75 Å². The van der Waals surface area contributed by atoms with E-state index in [1.807, 2.05) is 19.9 Å². The van der Waals surface area contributed by atoms with Gasteiger partial charge in [0.1, 0.15) is 5.75 Å². The molecule has 1 heterocycles. The van der Waals surface area contributed by atoms with E-state index in [0.717, 1.165) is 24.3 Å². The van der Waals surface area contributed by atoms with Crippen molar-refractivity contribution in [3.63, 3.8) is 0 Å². The van der Waals surface area contributed by atoms with E-state index in [0.29, 0.717) is 12.3 Å². The molecular weight excluding hydrogens is 300 g/mol. The van der Waals surface area contributed by atoms with Crippen LogP contribution in [0, 0.1) is 0 Å². The number of nitrogens with zero attached hydrogens (tertiary/aromatic N) is 1. The number of ether oxygens (including phenoxy) is 1. The summed E-state index contributed by atoms with van der Waals surface area (Å²) < 4.78 is 5.92. The fourth-order valence-electron chi connectivity index (χ4n) is 3.93. The zero-order valence-corrected chi connectivity index (χ0v) is 16.1. The molecular formula is C20H32N2O2. The predicted molar refractivity (Wildman–Crippen MR) is 99.8 cm³/mol. The SMILES string of the molecule is CC(C)Oc1cc(C2CC(C)(C)N(C)C(C)(C)C2)ccc1NC=O. The second-order valence-electron chi connectivity index (χ2n) is 8.47. The minimum atomic E-state index is 0.0674. The molecule has 24 heavy (non-hydrogen) atoms. The van der Waals surface area contributed by atoms with Crippen molar-refractivity contribution in [1.82, 2.24) is 4.90 Å². The Balaban J connectivity index is 2.36. The average molecular weight is 332 g/mol. The fourth-order valence-corrected chi connectivity index (χ4v) is 3.93. The molecule has 0 atom stereocenters. The number of amides is 1. The lowest BCUT2D eigenvalue weighted by atomic mass is 9.71. The monoisotopic (exact) mass is 332 g/mol. The molecule has 0 unspecified atom stereocenters. The maximum atomic E-state index is 10.8. The highest BCUT2D eigenvalue weighted by molar-refractivity contribution is 5.75. The number of rotatable bonds is 5. The summed E-state index contributed by atoms with van der Waals surface area (Å²) in [6, 6.07) is 6.19. The zero-order chi connectivity index (χ0) is 18.1. The van der Waals surface area contributed by atoms with Crippen LogP contribution in [0.15, 0.2) is 18.2 Å². The van der Waals surface area contributed by atoms with Gasteiger partial charge in [0.25, 0.3) is 0 Å². The maximum Gasteiger partial charge on any atom is 0.211 e. The molecule has 1 amide bonds. The number of carbonyl (C=O) groups is 1. The van der Waals surface area contributed by atoms with Gasteiger partial charge in [-0.2, -0.15) is 0 Å². The van der Waals surface area contributed by atoms with E-state index >= 15 is 0 Å². The Labute approximate surface area is 146 Å². The number of carbonyl (C=O) groups excluding carboxylic acids is 1. The van der Waals surface area contributed by atoms with E-state index in [-0.39, 0.29) is 17.2 Å². The molecule has 1 aromatic carbocycles. The zero-order valence-electron chi connectivity index (χ0n) is 16.1. The molecule has 0 saturated carbocycles. The van der Waals surface area contributed by atoms with Gasteiger partial charge in [0.15, 0.2) is 0 Å². The third kappa shape index (κ3) is 3.92. The van der Waals surface area contributed by atoms with Crippen LogP contribution >= 0.6 is 0 Å². The minimum absolute atomic E-state index is 0.0674. The van der Waals surface area contributed by atoms with Crippen molar-refractivity contribution < 1.29 is 9.53 Å². The molecule has 1 N–H and O–H groups in total. The lowest BCUT2D eigenvalue weighted by molar-refractivity contribution is -0.105. The number of hydrogen-bond donors (Lipinski definition) is 1. The van der Waals surface area contributed by atoms with E-state index in [1.165, 1.54) is 5.56 Å². The van der Waals surface area contributed by atoms with Gasteiger partial charge in [0.2, 0.25) is 6.41 Å². The topological polar surface area (TPSA) is 41.6 Å². The summed E-state index contributed by atoms with van der Waals surface area (Å²) in [5.74, 6) is 1.23. The van der Waals surface area contributed by atoms with Gasteiger partial charge in [-0.3, -0.25) is 9.69 Å². The van der Waals surface area contributed by atoms with E-state index in [9.17, 15) is 4.79 Å². The van der Waals surface area contributed by atoms with Crippen LogP contribution < -0.4 is 10.1 Å². The molecule has 0 bridgehead atoms. The van der Waals surface area contributed by atoms with Crippen molar-refractivity contribution in [2.75, 3.05) is 12.4 Å². The van der Waals surface area contributed by atoms with Crippen LogP contribution in [0.1, 0.15) is 65.9 Å². The number of piperidine rings is 1. The Morgan fingerprint density at radius 1 is 1.21 bits per heavy atom. The van der Waals surface area contributed by atoms with Crippen molar-refractivity contribution in [1.29, 1.82) is 0 Å². The molecule has 1 fully saturated rings. The van der Waals surface area contributed by atoms with Gasteiger partial charge in [0.05, 0.1) is 11.8 Å². The van der Waals surface area contributed by atoms with Crippen LogP contribution in [0.25, 0.3) is 0 Å². The smallest absolute Gasteiger partial charge is 0.211 e. The van der Waals surface area contributed by atoms with Gasteiger partial charge in [0, 0.05) is 11.1 Å². The highest BCUT2D eigenvalue weighted by Crippen LogP contribution is 2.45. The molecule has 4 nitrogen and oxygen atoms in total. The molecule has 0 aromatic heterocycles. The first-order valence-corrected chi connectivity index (χ1v) is 8.81. The molecule has 0 aliphatic carbocycles. The summed E-state index contributed by atoms with van der Waals surface area (Å²) in [5, 5.41) is 2.74. The lowest BCUT2D eigenvalue weighted by Crippen LogP contribution is -2.58. The van der Waals surface area contributed by atoms with E-state index < -0.39 is 0 Å². The second-order valence-corrected chi connectivity index (χ2v) is 8.47. The first-order chi connectivity index (χ1) is 11.1. The summed E-state index contributed by atoms with van der Waals surface area (Å²) in [5.41, 5.74) is 2.31. The number of hydrogen-bond acceptors (Lipinski definition) is 3. The summed E-state index contributed by atoms with van der Waals surface area (Å²) in [7, 11) is 2.22. The molecule has 1 aliphatic heterocycles. The van der Waals surface area contributed by atoms with E-state index in [2.05, 4.69) is 57.1 Å². The molecule has 4 heteroatoms. The molecule has 0 radical (unpaired) electrons. The Bertz CT molecular complexity index is 575. The first kappa shape index (κ1) is 18.8. The van der Waals surface area contributed by atoms with Crippen molar-refractivity contribution in [2.45, 2.75) is 77.5 Å². The average Bonchev–Trinajstić information content (AvgIpc) is 2.45. The summed E-state index contributed by atoms with van der Waals surface area (Å²) in [6.45, 7) is 13.3. The van der Waals surface area contributed by atoms with Crippen LogP contribution in [-0.2, 0) is 4.79 Å². The molecule has 0 spiro atoms. The van der Waals surface area contributed by atoms with Crippen LogP contribution in [0.3, 0.4) is 0 Å². The third-order valence-corrected chi connectivity index (χ3v) is 5.36. The molecule has 134 valence electrons. The van der Waals surface area contributed by atoms with Crippen molar-refractivity contribution in [3.8, 4) is 5.75 Å². The quantitative estimate of drug-likeness (QED) is 0.812. The Hall–Kier alpha value is -1.55. The lowest BCUT2D eigenvalue weighted by Gasteiger charge is -2.54. The van der Waals surface area contributed by atoms with Crippen molar-refractivity contribution in [2.24, 2.45) is 0 Å². The number of likely N-dealkylation sites (tertiary alicyclic amines) is 1. The highest BCUT2D eigenvalue weighted by atomic mass is 16.5. The Morgan fingerprint density at radius 3 is 2.29 bits per heavy atom. The van der Waals surface area contributed by atoms with Gasteiger partial charge < -0.3 is 10.1 Å². The van der Waals surface area contributed by atoms with Crippen LogP contribution in [0.4, 0.5) is 5.69 Å². The van der Waals surface area contributed by atoms with Crippen molar-refractivity contribution in [3.05, 3.63) is 23.8 Å². The molecule has 2 rings (SSSR count). The third-order valence-electron chi connectivity index (χ3n) is 5.36. The molecule has 1 aromatic rings. The minimum Gasteiger partial charge on any atom is -0.489 e.